The number of carbonyl (C=O) groups is 3. The highest BCUT2D eigenvalue weighted by Gasteiger charge is 2.55. The van der Waals surface area contributed by atoms with Gasteiger partial charge in [0.25, 0.3) is 5.91 Å². The Bertz CT molecular complexity index is 1100. The molecular weight excluding hydrogens is 364 g/mol. The zero-order chi connectivity index (χ0) is 20.4. The van der Waals surface area contributed by atoms with E-state index >= 15 is 0 Å². The first kappa shape index (κ1) is 18.5. The highest BCUT2D eigenvalue weighted by atomic mass is 16.2. The summed E-state index contributed by atoms with van der Waals surface area (Å²) < 4.78 is 0. The largest absolute Gasteiger partial charge is 0.290 e. The van der Waals surface area contributed by atoms with Gasteiger partial charge in [-0.1, -0.05) is 54.6 Å². The van der Waals surface area contributed by atoms with Crippen molar-refractivity contribution in [2.45, 2.75) is 6.42 Å². The molecule has 2 aromatic rings. The van der Waals surface area contributed by atoms with Crippen LogP contribution in [0.15, 0.2) is 102 Å². The van der Waals surface area contributed by atoms with E-state index in [1.807, 2.05) is 48.5 Å². The lowest BCUT2D eigenvalue weighted by molar-refractivity contribution is -0.124. The van der Waals surface area contributed by atoms with Gasteiger partial charge in [0.2, 0.25) is 0 Å². The zero-order valence-corrected chi connectivity index (χ0v) is 15.6. The molecule has 1 amide bonds. The highest BCUT2D eigenvalue weighted by Crippen LogP contribution is 2.45. The van der Waals surface area contributed by atoms with E-state index in [0.29, 0.717) is 17.0 Å². The molecule has 5 heteroatoms. The SMILES string of the molecule is C=CCC1(C2=CC(=O)C=CC2=O)C(=O)N(c2ccccc2)N=C1c1ccccc1. The second-order valence-electron chi connectivity index (χ2n) is 6.82. The molecule has 0 aromatic heterocycles. The minimum Gasteiger partial charge on any atom is -0.290 e. The zero-order valence-electron chi connectivity index (χ0n) is 15.6. The van der Waals surface area contributed by atoms with Crippen LogP contribution in [0.3, 0.4) is 0 Å². The lowest BCUT2D eigenvalue weighted by atomic mass is 9.68. The maximum absolute atomic E-state index is 13.8. The van der Waals surface area contributed by atoms with Crippen LogP contribution in [-0.4, -0.2) is 23.2 Å². The Morgan fingerprint density at radius 2 is 1.59 bits per heavy atom. The van der Waals surface area contributed by atoms with Crippen molar-refractivity contribution >= 4 is 28.9 Å². The molecule has 0 spiro atoms. The van der Waals surface area contributed by atoms with E-state index in [1.54, 1.807) is 18.2 Å². The van der Waals surface area contributed by atoms with Gasteiger partial charge in [-0.2, -0.15) is 10.1 Å². The van der Waals surface area contributed by atoms with Crippen molar-refractivity contribution in [3.8, 4) is 0 Å². The molecule has 0 N–H and O–H groups in total. The average Bonchev–Trinajstić information content (AvgIpc) is 3.04. The van der Waals surface area contributed by atoms with Crippen molar-refractivity contribution in [1.82, 2.24) is 0 Å². The summed E-state index contributed by atoms with van der Waals surface area (Å²) in [5.41, 5.74) is 0.418. The molecule has 0 bridgehead atoms. The van der Waals surface area contributed by atoms with E-state index in [-0.39, 0.29) is 29.5 Å². The van der Waals surface area contributed by atoms with Crippen molar-refractivity contribution in [2.24, 2.45) is 10.5 Å². The number of hydrogen-bond acceptors (Lipinski definition) is 4. The third-order valence-corrected chi connectivity index (χ3v) is 5.07. The maximum atomic E-state index is 13.8. The van der Waals surface area contributed by atoms with Crippen molar-refractivity contribution in [3.05, 3.63) is 103 Å². The number of benzene rings is 2. The van der Waals surface area contributed by atoms with E-state index in [1.165, 1.54) is 23.2 Å². The van der Waals surface area contributed by atoms with Gasteiger partial charge in [0.1, 0.15) is 5.41 Å². The monoisotopic (exact) mass is 382 g/mol. The van der Waals surface area contributed by atoms with Gasteiger partial charge in [0.05, 0.1) is 11.4 Å². The van der Waals surface area contributed by atoms with E-state index in [4.69, 9.17) is 0 Å². The first-order valence-corrected chi connectivity index (χ1v) is 9.21. The fourth-order valence-corrected chi connectivity index (χ4v) is 3.75. The Morgan fingerprint density at radius 1 is 0.931 bits per heavy atom. The van der Waals surface area contributed by atoms with Crippen LogP contribution in [0.25, 0.3) is 0 Å². The Kier molecular flexibility index (Phi) is 4.64. The molecule has 2 aromatic carbocycles. The number of para-hydroxylation sites is 1. The number of allylic oxidation sites excluding steroid dienone is 4. The number of rotatable bonds is 5. The van der Waals surface area contributed by atoms with Crippen LogP contribution in [0.4, 0.5) is 5.69 Å². The summed E-state index contributed by atoms with van der Waals surface area (Å²) in [6, 6.07) is 18.2. The fraction of sp³-hybridized carbons (Fsp3) is 0.0833. The molecule has 1 aliphatic carbocycles. The molecule has 0 saturated heterocycles. The predicted molar refractivity (Wildman–Crippen MR) is 111 cm³/mol. The van der Waals surface area contributed by atoms with E-state index in [9.17, 15) is 14.4 Å². The Labute approximate surface area is 168 Å². The maximum Gasteiger partial charge on any atom is 0.264 e. The summed E-state index contributed by atoms with van der Waals surface area (Å²) in [4.78, 5) is 38.7. The number of hydrazone groups is 1. The quantitative estimate of drug-likeness (QED) is 0.586. The summed E-state index contributed by atoms with van der Waals surface area (Å²) in [5.74, 6) is -1.09. The van der Waals surface area contributed by atoms with Gasteiger partial charge >= 0.3 is 0 Å². The Balaban J connectivity index is 1.98. The van der Waals surface area contributed by atoms with Gasteiger partial charge in [-0.25, -0.2) is 0 Å². The molecule has 4 rings (SSSR count). The second kappa shape index (κ2) is 7.28. The second-order valence-corrected chi connectivity index (χ2v) is 6.82. The van der Waals surface area contributed by atoms with Gasteiger partial charge in [0.15, 0.2) is 11.6 Å². The lowest BCUT2D eigenvalue weighted by Gasteiger charge is -2.30. The minimum absolute atomic E-state index is 0.121. The molecule has 1 heterocycles. The van der Waals surface area contributed by atoms with Gasteiger partial charge in [-0.05, 0) is 42.3 Å². The molecule has 1 unspecified atom stereocenters. The molecule has 29 heavy (non-hydrogen) atoms. The van der Waals surface area contributed by atoms with Gasteiger partial charge < -0.3 is 0 Å². The normalized spacial score (nSPS) is 21.2. The highest BCUT2D eigenvalue weighted by molar-refractivity contribution is 6.33. The van der Waals surface area contributed by atoms with Crippen molar-refractivity contribution < 1.29 is 14.4 Å². The summed E-state index contributed by atoms with van der Waals surface area (Å²) >= 11 is 0. The summed E-state index contributed by atoms with van der Waals surface area (Å²) in [6.45, 7) is 3.80. The smallest absolute Gasteiger partial charge is 0.264 e. The van der Waals surface area contributed by atoms with E-state index in [2.05, 4.69) is 11.7 Å². The molecular formula is C24H18N2O3. The number of carbonyl (C=O) groups excluding carboxylic acids is 3. The van der Waals surface area contributed by atoms with Crippen LogP contribution >= 0.6 is 0 Å². The number of hydrogen-bond donors (Lipinski definition) is 0. The molecule has 2 aliphatic rings. The molecule has 5 nitrogen and oxygen atoms in total. The van der Waals surface area contributed by atoms with Crippen LogP contribution in [0, 0.1) is 5.41 Å². The standard InChI is InChI=1S/C24H18N2O3/c1-2-15-24(20-16-19(27)13-14-21(20)28)22(17-9-5-3-6-10-17)25-26(23(24)29)18-11-7-4-8-12-18/h2-14,16H,1,15H2. The van der Waals surface area contributed by atoms with Crippen LogP contribution in [0.2, 0.25) is 0 Å². The van der Waals surface area contributed by atoms with E-state index in [0.717, 1.165) is 0 Å². The van der Waals surface area contributed by atoms with Gasteiger partial charge in [-0.3, -0.25) is 14.4 Å². The molecule has 1 aliphatic heterocycles. The predicted octanol–water partition coefficient (Wildman–Crippen LogP) is 3.63. The lowest BCUT2D eigenvalue weighted by Crippen LogP contribution is -2.44. The third kappa shape index (κ3) is 2.97. The van der Waals surface area contributed by atoms with Crippen LogP contribution in [-0.2, 0) is 14.4 Å². The van der Waals surface area contributed by atoms with Gasteiger partial charge in [0, 0.05) is 5.57 Å². The Morgan fingerprint density at radius 3 is 2.24 bits per heavy atom. The summed E-state index contributed by atoms with van der Waals surface area (Å²) in [7, 11) is 0. The summed E-state index contributed by atoms with van der Waals surface area (Å²) in [6.07, 6.45) is 5.39. The van der Waals surface area contributed by atoms with Gasteiger partial charge in [-0.15, -0.1) is 6.58 Å². The molecule has 0 saturated carbocycles. The number of ketones is 2. The Hall–Kier alpha value is -3.86. The molecule has 0 fully saturated rings. The van der Waals surface area contributed by atoms with Crippen molar-refractivity contribution in [1.29, 1.82) is 0 Å². The number of amides is 1. The van der Waals surface area contributed by atoms with Crippen LogP contribution in [0.5, 0.6) is 0 Å². The van der Waals surface area contributed by atoms with Crippen LogP contribution < -0.4 is 5.01 Å². The third-order valence-electron chi connectivity index (χ3n) is 5.07. The first-order valence-electron chi connectivity index (χ1n) is 9.21. The average molecular weight is 382 g/mol. The van der Waals surface area contributed by atoms with Crippen molar-refractivity contribution in [2.75, 3.05) is 5.01 Å². The van der Waals surface area contributed by atoms with E-state index < -0.39 is 5.41 Å². The minimum atomic E-state index is -1.42. The molecule has 0 radical (unpaired) electrons. The summed E-state index contributed by atoms with van der Waals surface area (Å²) in [5, 5.41) is 5.95. The topological polar surface area (TPSA) is 66.8 Å². The molecule has 142 valence electrons. The number of anilines is 1. The van der Waals surface area contributed by atoms with Crippen molar-refractivity contribution in [3.63, 3.8) is 0 Å². The fourth-order valence-electron chi connectivity index (χ4n) is 3.75. The van der Waals surface area contributed by atoms with Crippen LogP contribution in [0.1, 0.15) is 12.0 Å². The molecule has 1 atom stereocenters. The number of nitrogens with zero attached hydrogens (tertiary/aromatic N) is 2. The first-order chi connectivity index (χ1) is 14.1.